The zero-order valence-electron chi connectivity index (χ0n) is 20.2. The number of aliphatic hydroxyl groups excluding tert-OH is 1. The number of aryl methyl sites for hydroxylation is 1. The topological polar surface area (TPSA) is 77.6 Å². The van der Waals surface area contributed by atoms with Crippen molar-refractivity contribution in [1.82, 2.24) is 19.9 Å². The van der Waals surface area contributed by atoms with Crippen molar-refractivity contribution in [2.24, 2.45) is 11.8 Å². The maximum absolute atomic E-state index is 10.3. The average Bonchev–Trinajstić information content (AvgIpc) is 3.48. The summed E-state index contributed by atoms with van der Waals surface area (Å²) in [6.07, 6.45) is 13.7. The molecule has 5 nitrogen and oxygen atoms in total. The number of hydrogen-bond donors (Lipinski definition) is 3. The molecule has 0 saturated carbocycles. The first-order chi connectivity index (χ1) is 15.9. The van der Waals surface area contributed by atoms with Gasteiger partial charge in [0.2, 0.25) is 0 Å². The molecule has 174 valence electrons. The van der Waals surface area contributed by atoms with E-state index in [1.54, 1.807) is 0 Å². The average molecular weight is 445 g/mol. The van der Waals surface area contributed by atoms with E-state index in [0.717, 1.165) is 42.0 Å². The Labute approximate surface area is 197 Å². The van der Waals surface area contributed by atoms with E-state index in [2.05, 4.69) is 90.1 Å². The zero-order valence-corrected chi connectivity index (χ0v) is 20.2. The molecule has 33 heavy (non-hydrogen) atoms. The molecule has 2 aromatic heterocycles. The summed E-state index contributed by atoms with van der Waals surface area (Å²) in [6.45, 7) is 8.69. The Morgan fingerprint density at radius 3 is 2.39 bits per heavy atom. The number of hydrogen-bond acceptors (Lipinski definition) is 3. The molecule has 3 N–H and O–H groups in total. The van der Waals surface area contributed by atoms with Gasteiger partial charge in [-0.05, 0) is 47.8 Å². The van der Waals surface area contributed by atoms with Crippen LogP contribution < -0.4 is 0 Å². The molecule has 4 rings (SSSR count). The van der Waals surface area contributed by atoms with Gasteiger partial charge in [-0.2, -0.15) is 0 Å². The van der Waals surface area contributed by atoms with Crippen LogP contribution in [0.3, 0.4) is 0 Å². The smallest absolute Gasteiger partial charge is 0.135 e. The van der Waals surface area contributed by atoms with Crippen molar-refractivity contribution in [2.45, 2.75) is 65.4 Å². The van der Waals surface area contributed by atoms with Gasteiger partial charge in [0, 0.05) is 24.2 Å². The molecule has 3 aromatic rings. The molecule has 1 aliphatic carbocycles. The van der Waals surface area contributed by atoms with E-state index >= 15 is 0 Å². The van der Waals surface area contributed by atoms with Gasteiger partial charge in [-0.1, -0.05) is 70.2 Å². The number of rotatable bonds is 9. The molecule has 0 aliphatic heterocycles. The molecule has 1 aromatic carbocycles. The highest BCUT2D eigenvalue weighted by Gasteiger charge is 2.18. The maximum atomic E-state index is 10.3. The number of nitrogens with zero attached hydrogens (tertiary/aromatic N) is 2. The number of imidazole rings is 2. The monoisotopic (exact) mass is 444 g/mol. The van der Waals surface area contributed by atoms with E-state index < -0.39 is 6.10 Å². The largest absolute Gasteiger partial charge is 0.385 e. The molecule has 0 fully saturated rings. The summed E-state index contributed by atoms with van der Waals surface area (Å²) in [5, 5.41) is 10.3. The van der Waals surface area contributed by atoms with Crippen molar-refractivity contribution in [3.05, 3.63) is 77.8 Å². The highest BCUT2D eigenvalue weighted by atomic mass is 16.3. The number of benzene rings is 1. The van der Waals surface area contributed by atoms with Gasteiger partial charge in [-0.25, -0.2) is 9.97 Å². The van der Waals surface area contributed by atoms with Crippen LogP contribution in [0.5, 0.6) is 0 Å². The first-order valence-electron chi connectivity index (χ1n) is 12.1. The number of aromatic amines is 2. The second kappa shape index (κ2) is 10.3. The summed E-state index contributed by atoms with van der Waals surface area (Å²) in [6, 6.07) is 8.67. The van der Waals surface area contributed by atoms with Gasteiger partial charge < -0.3 is 15.1 Å². The number of aromatic nitrogens is 4. The zero-order chi connectivity index (χ0) is 23.4. The van der Waals surface area contributed by atoms with Gasteiger partial charge in [0.15, 0.2) is 0 Å². The molecule has 0 spiro atoms. The SMILES string of the molecule is CC(C)CCc1ncc(-c2ccc(C3=CCC(c4cnc([C@H](O)CC(C)C)[nH]4)C=C3)cc2)[nH]1. The predicted octanol–water partition coefficient (Wildman–Crippen LogP) is 6.60. The summed E-state index contributed by atoms with van der Waals surface area (Å²) in [4.78, 5) is 15.7. The van der Waals surface area contributed by atoms with Gasteiger partial charge in [0.25, 0.3) is 0 Å². The third-order valence-electron chi connectivity index (χ3n) is 6.24. The Morgan fingerprint density at radius 1 is 0.970 bits per heavy atom. The number of H-pyrrole nitrogens is 2. The Hall–Kier alpha value is -2.92. The normalized spacial score (nSPS) is 17.1. The van der Waals surface area contributed by atoms with E-state index in [4.69, 9.17) is 0 Å². The summed E-state index contributed by atoms with van der Waals surface area (Å²) < 4.78 is 0. The lowest BCUT2D eigenvalue weighted by Crippen LogP contribution is -2.05. The number of nitrogens with one attached hydrogen (secondary N) is 2. The van der Waals surface area contributed by atoms with Crippen molar-refractivity contribution in [3.63, 3.8) is 0 Å². The molecular weight excluding hydrogens is 408 g/mol. The van der Waals surface area contributed by atoms with E-state index in [0.29, 0.717) is 24.1 Å². The summed E-state index contributed by atoms with van der Waals surface area (Å²) in [7, 11) is 0. The van der Waals surface area contributed by atoms with Crippen molar-refractivity contribution in [3.8, 4) is 11.3 Å². The first-order valence-corrected chi connectivity index (χ1v) is 12.1. The lowest BCUT2D eigenvalue weighted by molar-refractivity contribution is 0.142. The van der Waals surface area contributed by atoms with Crippen LogP contribution >= 0.6 is 0 Å². The highest BCUT2D eigenvalue weighted by Crippen LogP contribution is 2.31. The number of aliphatic hydroxyl groups is 1. The molecule has 0 amide bonds. The van der Waals surface area contributed by atoms with Crippen LogP contribution in [0.4, 0.5) is 0 Å². The highest BCUT2D eigenvalue weighted by molar-refractivity contribution is 5.76. The van der Waals surface area contributed by atoms with Crippen molar-refractivity contribution >= 4 is 5.57 Å². The van der Waals surface area contributed by atoms with Gasteiger partial charge in [0.05, 0.1) is 11.9 Å². The fourth-order valence-electron chi connectivity index (χ4n) is 4.24. The van der Waals surface area contributed by atoms with Gasteiger partial charge in [0.1, 0.15) is 17.8 Å². The molecule has 2 atom stereocenters. The molecule has 2 heterocycles. The van der Waals surface area contributed by atoms with Crippen LogP contribution in [-0.4, -0.2) is 25.0 Å². The van der Waals surface area contributed by atoms with Gasteiger partial charge >= 0.3 is 0 Å². The quantitative estimate of drug-likeness (QED) is 0.348. The molecular formula is C28H36N4O. The van der Waals surface area contributed by atoms with Gasteiger partial charge in [-0.15, -0.1) is 0 Å². The standard InChI is InChI=1S/C28H36N4O/c1-18(2)5-14-27-29-16-24(31-27)22-10-6-20(7-11-22)21-8-12-23(13-9-21)25-17-30-28(32-25)26(33)15-19(3)4/h6-12,16-19,23,26,33H,5,13-15H2,1-4H3,(H,29,31)(H,30,32)/t23?,26-/m1/s1. The van der Waals surface area contributed by atoms with Crippen LogP contribution in [0.25, 0.3) is 16.8 Å². The minimum atomic E-state index is -0.530. The van der Waals surface area contributed by atoms with Crippen LogP contribution in [0.2, 0.25) is 0 Å². The Kier molecular flexibility index (Phi) is 7.29. The molecule has 0 radical (unpaired) electrons. The third kappa shape index (κ3) is 5.91. The van der Waals surface area contributed by atoms with E-state index in [-0.39, 0.29) is 5.92 Å². The molecule has 0 bridgehead atoms. The van der Waals surface area contributed by atoms with E-state index in [9.17, 15) is 5.11 Å². The van der Waals surface area contributed by atoms with Crippen LogP contribution in [-0.2, 0) is 6.42 Å². The fraction of sp³-hybridized carbons (Fsp3) is 0.429. The molecule has 1 unspecified atom stereocenters. The Morgan fingerprint density at radius 2 is 1.73 bits per heavy atom. The minimum Gasteiger partial charge on any atom is -0.385 e. The van der Waals surface area contributed by atoms with E-state index in [1.807, 2.05) is 12.4 Å². The molecule has 1 aliphatic rings. The predicted molar refractivity (Wildman–Crippen MR) is 135 cm³/mol. The maximum Gasteiger partial charge on any atom is 0.135 e. The summed E-state index contributed by atoms with van der Waals surface area (Å²) in [5.74, 6) is 3.10. The second-order valence-corrected chi connectivity index (χ2v) is 9.98. The van der Waals surface area contributed by atoms with Crippen LogP contribution in [0.15, 0.2) is 54.9 Å². The number of allylic oxidation sites excluding steroid dienone is 4. The second-order valence-electron chi connectivity index (χ2n) is 9.98. The summed E-state index contributed by atoms with van der Waals surface area (Å²) >= 11 is 0. The van der Waals surface area contributed by atoms with Crippen LogP contribution in [0, 0.1) is 11.8 Å². The third-order valence-corrected chi connectivity index (χ3v) is 6.24. The lowest BCUT2D eigenvalue weighted by Gasteiger charge is -2.16. The van der Waals surface area contributed by atoms with Crippen molar-refractivity contribution < 1.29 is 5.11 Å². The molecule has 0 saturated heterocycles. The fourth-order valence-corrected chi connectivity index (χ4v) is 4.24. The molecule has 5 heteroatoms. The minimum absolute atomic E-state index is 0.259. The van der Waals surface area contributed by atoms with Crippen molar-refractivity contribution in [2.75, 3.05) is 0 Å². The first kappa shape index (κ1) is 23.2. The summed E-state index contributed by atoms with van der Waals surface area (Å²) in [5.41, 5.74) is 5.74. The lowest BCUT2D eigenvalue weighted by atomic mass is 9.91. The Bertz CT molecular complexity index is 1100. The van der Waals surface area contributed by atoms with E-state index in [1.165, 1.54) is 11.1 Å². The van der Waals surface area contributed by atoms with Crippen molar-refractivity contribution in [1.29, 1.82) is 0 Å². The Balaban J connectivity index is 1.38. The van der Waals surface area contributed by atoms with Crippen LogP contribution in [0.1, 0.15) is 81.9 Å². The van der Waals surface area contributed by atoms with Gasteiger partial charge in [-0.3, -0.25) is 0 Å².